The van der Waals surface area contributed by atoms with Gasteiger partial charge in [0, 0.05) is 64.3 Å². The Balaban J connectivity index is 1.47. The van der Waals surface area contributed by atoms with Gasteiger partial charge in [0.2, 0.25) is 0 Å². The van der Waals surface area contributed by atoms with Gasteiger partial charge in [0.15, 0.2) is 0 Å². The van der Waals surface area contributed by atoms with E-state index >= 15 is 0 Å². The standard InChI is InChI=1S/C22H34N4O4/c1-16(2)24-11-13-26(14-12-24)22(28)30-19-6-9-25(10-7-19)20-15-18(5-8-23-20)21(27)29-17(3)4/h5,8,15-17,19H,6-7,9-14H2,1-4H3. The summed E-state index contributed by atoms with van der Waals surface area (Å²) >= 11 is 0. The van der Waals surface area contributed by atoms with Crippen LogP contribution < -0.4 is 4.90 Å². The summed E-state index contributed by atoms with van der Waals surface area (Å²) in [4.78, 5) is 35.4. The van der Waals surface area contributed by atoms with E-state index in [0.29, 0.717) is 11.6 Å². The average Bonchev–Trinajstić information content (AvgIpc) is 2.74. The first-order valence-corrected chi connectivity index (χ1v) is 10.9. The molecule has 0 unspecified atom stereocenters. The minimum atomic E-state index is -0.338. The van der Waals surface area contributed by atoms with Crippen LogP contribution in [0.2, 0.25) is 0 Å². The van der Waals surface area contributed by atoms with Crippen molar-refractivity contribution < 1.29 is 19.1 Å². The van der Waals surface area contributed by atoms with Crippen LogP contribution >= 0.6 is 0 Å². The summed E-state index contributed by atoms with van der Waals surface area (Å²) < 4.78 is 11.0. The Morgan fingerprint density at radius 1 is 1.03 bits per heavy atom. The van der Waals surface area contributed by atoms with Crippen molar-refractivity contribution in [1.29, 1.82) is 0 Å². The second-order valence-electron chi connectivity index (χ2n) is 8.54. The van der Waals surface area contributed by atoms with Crippen molar-refractivity contribution in [3.63, 3.8) is 0 Å². The predicted octanol–water partition coefficient (Wildman–Crippen LogP) is 2.78. The minimum Gasteiger partial charge on any atom is -0.459 e. The summed E-state index contributed by atoms with van der Waals surface area (Å²) in [5.74, 6) is 0.415. The second kappa shape index (κ2) is 10.1. The molecule has 0 N–H and O–H groups in total. The van der Waals surface area contributed by atoms with Crippen LogP contribution in [0.1, 0.15) is 50.9 Å². The topological polar surface area (TPSA) is 75.2 Å². The molecule has 2 saturated heterocycles. The third kappa shape index (κ3) is 5.84. The van der Waals surface area contributed by atoms with Gasteiger partial charge >= 0.3 is 12.1 Å². The van der Waals surface area contributed by atoms with E-state index in [0.717, 1.165) is 57.9 Å². The summed E-state index contributed by atoms with van der Waals surface area (Å²) in [6.45, 7) is 12.7. The number of hydrogen-bond acceptors (Lipinski definition) is 7. The predicted molar refractivity (Wildman–Crippen MR) is 115 cm³/mol. The van der Waals surface area contributed by atoms with Crippen molar-refractivity contribution in [2.24, 2.45) is 0 Å². The quantitative estimate of drug-likeness (QED) is 0.681. The molecular weight excluding hydrogens is 384 g/mol. The van der Waals surface area contributed by atoms with Gasteiger partial charge in [0.05, 0.1) is 11.7 Å². The number of ether oxygens (including phenoxy) is 2. The molecule has 0 spiro atoms. The molecule has 2 fully saturated rings. The number of esters is 1. The second-order valence-corrected chi connectivity index (χ2v) is 8.54. The van der Waals surface area contributed by atoms with Crippen LogP contribution in [0.4, 0.5) is 10.6 Å². The van der Waals surface area contributed by atoms with E-state index in [9.17, 15) is 9.59 Å². The van der Waals surface area contributed by atoms with Crippen molar-refractivity contribution in [3.05, 3.63) is 23.9 Å². The minimum absolute atomic E-state index is 0.0778. The molecule has 8 heteroatoms. The van der Waals surface area contributed by atoms with E-state index in [1.54, 1.807) is 18.3 Å². The number of piperidine rings is 1. The van der Waals surface area contributed by atoms with Gasteiger partial charge in [0.25, 0.3) is 0 Å². The van der Waals surface area contributed by atoms with Gasteiger partial charge in [-0.3, -0.25) is 4.90 Å². The van der Waals surface area contributed by atoms with Crippen LogP contribution in [0.5, 0.6) is 0 Å². The molecule has 3 rings (SSSR count). The van der Waals surface area contributed by atoms with Gasteiger partial charge in [-0.05, 0) is 39.8 Å². The van der Waals surface area contributed by atoms with E-state index in [2.05, 4.69) is 28.6 Å². The van der Waals surface area contributed by atoms with Crippen molar-refractivity contribution in [3.8, 4) is 0 Å². The molecule has 0 aromatic carbocycles. The van der Waals surface area contributed by atoms with Gasteiger partial charge in [-0.2, -0.15) is 0 Å². The fourth-order valence-corrected chi connectivity index (χ4v) is 3.84. The van der Waals surface area contributed by atoms with Crippen LogP contribution in [-0.2, 0) is 9.47 Å². The first kappa shape index (κ1) is 22.3. The zero-order valence-corrected chi connectivity index (χ0v) is 18.5. The van der Waals surface area contributed by atoms with E-state index in [1.807, 2.05) is 18.7 Å². The molecule has 1 aromatic rings. The van der Waals surface area contributed by atoms with Crippen LogP contribution in [0.15, 0.2) is 18.3 Å². The average molecular weight is 419 g/mol. The van der Waals surface area contributed by atoms with Gasteiger partial charge in [0.1, 0.15) is 11.9 Å². The fourth-order valence-electron chi connectivity index (χ4n) is 3.84. The van der Waals surface area contributed by atoms with E-state index in [-0.39, 0.29) is 24.3 Å². The number of aromatic nitrogens is 1. The van der Waals surface area contributed by atoms with Crippen molar-refractivity contribution in [2.45, 2.75) is 58.8 Å². The van der Waals surface area contributed by atoms with Crippen LogP contribution in [0.25, 0.3) is 0 Å². The molecule has 0 atom stereocenters. The largest absolute Gasteiger partial charge is 0.459 e. The van der Waals surface area contributed by atoms with Crippen molar-refractivity contribution in [2.75, 3.05) is 44.2 Å². The molecule has 0 radical (unpaired) electrons. The number of hydrogen-bond donors (Lipinski definition) is 0. The Morgan fingerprint density at radius 2 is 1.70 bits per heavy atom. The first-order valence-electron chi connectivity index (χ1n) is 10.9. The van der Waals surface area contributed by atoms with Crippen LogP contribution in [0.3, 0.4) is 0 Å². The molecule has 8 nitrogen and oxygen atoms in total. The maximum Gasteiger partial charge on any atom is 0.410 e. The molecule has 3 heterocycles. The van der Waals surface area contributed by atoms with Crippen molar-refractivity contribution >= 4 is 17.9 Å². The Hall–Kier alpha value is -2.35. The van der Waals surface area contributed by atoms with Crippen LogP contribution in [0, 0.1) is 0 Å². The SMILES string of the molecule is CC(C)OC(=O)c1ccnc(N2CCC(OC(=O)N3CCN(C(C)C)CC3)CC2)c1. The maximum absolute atomic E-state index is 12.5. The summed E-state index contributed by atoms with van der Waals surface area (Å²) in [7, 11) is 0. The zero-order valence-electron chi connectivity index (χ0n) is 18.5. The number of carbonyl (C=O) groups is 2. The number of pyridine rings is 1. The number of amides is 1. The Morgan fingerprint density at radius 3 is 2.30 bits per heavy atom. The number of nitrogens with zero attached hydrogens (tertiary/aromatic N) is 4. The highest BCUT2D eigenvalue weighted by Gasteiger charge is 2.28. The number of rotatable bonds is 5. The van der Waals surface area contributed by atoms with E-state index in [1.165, 1.54) is 0 Å². The third-order valence-electron chi connectivity index (χ3n) is 5.66. The molecule has 1 aromatic heterocycles. The molecule has 2 aliphatic rings. The third-order valence-corrected chi connectivity index (χ3v) is 5.66. The zero-order chi connectivity index (χ0) is 21.7. The van der Waals surface area contributed by atoms with Crippen LogP contribution in [-0.4, -0.2) is 84.4 Å². The molecular formula is C22H34N4O4. The normalized spacial score (nSPS) is 18.7. The van der Waals surface area contributed by atoms with E-state index in [4.69, 9.17) is 9.47 Å². The summed E-state index contributed by atoms with van der Waals surface area (Å²) in [6, 6.07) is 3.94. The summed E-state index contributed by atoms with van der Waals surface area (Å²) in [6.07, 6.45) is 2.70. The first-order chi connectivity index (χ1) is 14.3. The Kier molecular flexibility index (Phi) is 7.53. The Bertz CT molecular complexity index is 724. The number of carbonyl (C=O) groups excluding carboxylic acids is 2. The van der Waals surface area contributed by atoms with Gasteiger partial charge in [-0.1, -0.05) is 0 Å². The molecule has 166 valence electrons. The monoisotopic (exact) mass is 418 g/mol. The number of anilines is 1. The van der Waals surface area contributed by atoms with Crippen molar-refractivity contribution in [1.82, 2.24) is 14.8 Å². The molecule has 0 aliphatic carbocycles. The molecule has 0 saturated carbocycles. The highest BCUT2D eigenvalue weighted by Crippen LogP contribution is 2.22. The highest BCUT2D eigenvalue weighted by molar-refractivity contribution is 5.90. The lowest BCUT2D eigenvalue weighted by Crippen LogP contribution is -2.51. The number of piperazine rings is 1. The molecule has 30 heavy (non-hydrogen) atoms. The molecule has 1 amide bonds. The smallest absolute Gasteiger partial charge is 0.410 e. The molecule has 2 aliphatic heterocycles. The van der Waals surface area contributed by atoms with E-state index < -0.39 is 0 Å². The highest BCUT2D eigenvalue weighted by atomic mass is 16.6. The summed E-state index contributed by atoms with van der Waals surface area (Å²) in [5.41, 5.74) is 0.503. The lowest BCUT2D eigenvalue weighted by atomic mass is 10.1. The Labute approximate surface area is 179 Å². The van der Waals surface area contributed by atoms with Gasteiger partial charge in [-0.15, -0.1) is 0 Å². The summed E-state index contributed by atoms with van der Waals surface area (Å²) in [5, 5.41) is 0. The maximum atomic E-state index is 12.5. The molecule has 0 bridgehead atoms. The lowest BCUT2D eigenvalue weighted by Gasteiger charge is -2.38. The fraction of sp³-hybridized carbons (Fsp3) is 0.682. The van der Waals surface area contributed by atoms with Gasteiger partial charge < -0.3 is 19.3 Å². The van der Waals surface area contributed by atoms with Gasteiger partial charge in [-0.25, -0.2) is 14.6 Å². The lowest BCUT2D eigenvalue weighted by molar-refractivity contribution is 0.0335.